The highest BCUT2D eigenvalue weighted by Crippen LogP contribution is 2.17. The number of methoxy groups -OCH3 is 1. The molecule has 1 aromatic rings. The minimum atomic E-state index is 0.0214. The molecule has 0 spiro atoms. The number of nitrogens with one attached hydrogen (secondary N) is 1. The van der Waals surface area contributed by atoms with E-state index in [1.165, 1.54) is 0 Å². The molecule has 19 heavy (non-hydrogen) atoms. The number of rotatable bonds is 6. The van der Waals surface area contributed by atoms with Crippen LogP contribution >= 0.6 is 0 Å². The zero-order chi connectivity index (χ0) is 14.4. The zero-order valence-electron chi connectivity index (χ0n) is 12.1. The smallest absolute Gasteiger partial charge is 0.254 e. The first-order valence-electron chi connectivity index (χ1n) is 6.42. The van der Waals surface area contributed by atoms with E-state index in [9.17, 15) is 4.79 Å². The zero-order valence-corrected chi connectivity index (χ0v) is 12.1. The summed E-state index contributed by atoms with van der Waals surface area (Å²) in [7, 11) is 1.64. The number of amides is 1. The van der Waals surface area contributed by atoms with E-state index < -0.39 is 0 Å². The first-order chi connectivity index (χ1) is 9.04. The Morgan fingerprint density at radius 3 is 2.68 bits per heavy atom. The van der Waals surface area contributed by atoms with E-state index in [1.54, 1.807) is 24.1 Å². The van der Waals surface area contributed by atoms with Crippen molar-refractivity contribution in [3.8, 4) is 0 Å². The fourth-order valence-corrected chi connectivity index (χ4v) is 2.13. The second-order valence-corrected chi connectivity index (χ2v) is 4.57. The lowest BCUT2D eigenvalue weighted by Crippen LogP contribution is -2.41. The van der Waals surface area contributed by atoms with Gasteiger partial charge in [-0.05, 0) is 44.5 Å². The average molecular weight is 265 g/mol. The molecule has 0 saturated heterocycles. The lowest BCUT2D eigenvalue weighted by molar-refractivity contribution is 0.0578. The molecule has 1 atom stereocenters. The molecule has 1 aromatic carbocycles. The van der Waals surface area contributed by atoms with Crippen molar-refractivity contribution in [2.75, 3.05) is 25.7 Å². The molecule has 5 nitrogen and oxygen atoms in total. The lowest BCUT2D eigenvalue weighted by atomic mass is 10.1. The molecule has 0 heterocycles. The third-order valence-electron chi connectivity index (χ3n) is 3.16. The summed E-state index contributed by atoms with van der Waals surface area (Å²) < 4.78 is 5.12. The summed E-state index contributed by atoms with van der Waals surface area (Å²) in [4.78, 5) is 14.3. The summed E-state index contributed by atoms with van der Waals surface area (Å²) in [6.07, 6.45) is 0. The third kappa shape index (κ3) is 3.68. The van der Waals surface area contributed by atoms with E-state index in [0.29, 0.717) is 18.7 Å². The van der Waals surface area contributed by atoms with Crippen LogP contribution in [0.3, 0.4) is 0 Å². The van der Waals surface area contributed by atoms with Gasteiger partial charge in [0.2, 0.25) is 0 Å². The molecule has 5 heteroatoms. The number of carbonyl (C=O) groups is 1. The number of anilines is 1. The van der Waals surface area contributed by atoms with Crippen molar-refractivity contribution < 1.29 is 9.53 Å². The molecule has 0 bridgehead atoms. The first kappa shape index (κ1) is 15.5. The van der Waals surface area contributed by atoms with Gasteiger partial charge in [-0.25, -0.2) is 0 Å². The quantitative estimate of drug-likeness (QED) is 0.607. The molecule has 1 amide bonds. The van der Waals surface area contributed by atoms with Crippen molar-refractivity contribution in [3.63, 3.8) is 0 Å². The van der Waals surface area contributed by atoms with Gasteiger partial charge in [0.15, 0.2) is 0 Å². The number of hydrogen-bond acceptors (Lipinski definition) is 4. The van der Waals surface area contributed by atoms with Gasteiger partial charge < -0.3 is 15.1 Å². The van der Waals surface area contributed by atoms with Crippen LogP contribution < -0.4 is 11.3 Å². The van der Waals surface area contributed by atoms with Crippen LogP contribution in [0.25, 0.3) is 0 Å². The van der Waals surface area contributed by atoms with Gasteiger partial charge >= 0.3 is 0 Å². The van der Waals surface area contributed by atoms with Gasteiger partial charge in [-0.15, -0.1) is 0 Å². The Balaban J connectivity index is 2.97. The fraction of sp³-hybridized carbons (Fsp3) is 0.500. The Hall–Kier alpha value is -1.59. The van der Waals surface area contributed by atoms with Crippen LogP contribution in [0.15, 0.2) is 18.2 Å². The highest BCUT2D eigenvalue weighted by atomic mass is 16.5. The number of ether oxygens (including phenoxy) is 1. The number of nitrogen functional groups attached to an aromatic ring is 1. The molecule has 3 N–H and O–H groups in total. The number of nitrogens with two attached hydrogens (primary N) is 1. The van der Waals surface area contributed by atoms with Gasteiger partial charge in [0.25, 0.3) is 5.91 Å². The van der Waals surface area contributed by atoms with Crippen LogP contribution in [-0.4, -0.2) is 37.1 Å². The van der Waals surface area contributed by atoms with E-state index in [4.69, 9.17) is 10.6 Å². The molecule has 1 rings (SSSR count). The third-order valence-corrected chi connectivity index (χ3v) is 3.16. The van der Waals surface area contributed by atoms with Gasteiger partial charge in [-0.2, -0.15) is 0 Å². The highest BCUT2D eigenvalue weighted by Gasteiger charge is 2.21. The van der Waals surface area contributed by atoms with Crippen molar-refractivity contribution in [1.82, 2.24) is 4.90 Å². The Kier molecular flexibility index (Phi) is 5.79. The Bertz CT molecular complexity index is 435. The Labute approximate surface area is 114 Å². The molecule has 0 aliphatic heterocycles. The van der Waals surface area contributed by atoms with E-state index in [1.807, 2.05) is 26.8 Å². The van der Waals surface area contributed by atoms with E-state index in [0.717, 1.165) is 11.3 Å². The number of benzene rings is 1. The van der Waals surface area contributed by atoms with Gasteiger partial charge in [0, 0.05) is 24.9 Å². The van der Waals surface area contributed by atoms with Crippen molar-refractivity contribution in [3.05, 3.63) is 29.3 Å². The lowest BCUT2D eigenvalue weighted by Gasteiger charge is -2.28. The summed E-state index contributed by atoms with van der Waals surface area (Å²) in [5, 5.41) is 0. The van der Waals surface area contributed by atoms with Crippen molar-refractivity contribution in [1.29, 1.82) is 0 Å². The topological polar surface area (TPSA) is 67.6 Å². The molecule has 106 valence electrons. The highest BCUT2D eigenvalue weighted by molar-refractivity contribution is 5.96. The van der Waals surface area contributed by atoms with E-state index in [-0.39, 0.29) is 11.9 Å². The molecular formula is C14H23N3O2. The van der Waals surface area contributed by atoms with Crippen molar-refractivity contribution in [2.45, 2.75) is 26.8 Å². The molecule has 0 aliphatic carbocycles. The van der Waals surface area contributed by atoms with Gasteiger partial charge in [0.05, 0.1) is 12.6 Å². The SMILES string of the molecule is CCN(C(=O)c1ccc(NN)cc1C)C(C)COC. The van der Waals surface area contributed by atoms with Crippen LogP contribution in [0, 0.1) is 6.92 Å². The van der Waals surface area contributed by atoms with Gasteiger partial charge in [-0.1, -0.05) is 0 Å². The average Bonchev–Trinajstić information content (AvgIpc) is 2.39. The van der Waals surface area contributed by atoms with E-state index in [2.05, 4.69) is 5.43 Å². The molecule has 0 aromatic heterocycles. The standard InChI is InChI=1S/C14H23N3O2/c1-5-17(11(3)9-19-4)14(18)13-7-6-12(16-15)8-10(13)2/h6-8,11,16H,5,9,15H2,1-4H3. The minimum absolute atomic E-state index is 0.0214. The molecule has 0 radical (unpaired) electrons. The largest absolute Gasteiger partial charge is 0.383 e. The minimum Gasteiger partial charge on any atom is -0.383 e. The predicted molar refractivity (Wildman–Crippen MR) is 77.0 cm³/mol. The summed E-state index contributed by atoms with van der Waals surface area (Å²) in [5.74, 6) is 5.38. The maximum Gasteiger partial charge on any atom is 0.254 e. The predicted octanol–water partition coefficient (Wildman–Crippen LogP) is 1.78. The van der Waals surface area contributed by atoms with Crippen LogP contribution in [-0.2, 0) is 4.74 Å². The summed E-state index contributed by atoms with van der Waals surface area (Å²) >= 11 is 0. The number of nitrogens with zero attached hydrogens (tertiary/aromatic N) is 1. The van der Waals surface area contributed by atoms with E-state index >= 15 is 0 Å². The first-order valence-corrected chi connectivity index (χ1v) is 6.42. The Morgan fingerprint density at radius 2 is 2.21 bits per heavy atom. The monoisotopic (exact) mass is 265 g/mol. The molecule has 0 fully saturated rings. The second kappa shape index (κ2) is 7.11. The van der Waals surface area contributed by atoms with Gasteiger partial charge in [0.1, 0.15) is 0 Å². The normalized spacial score (nSPS) is 12.1. The number of hydrogen-bond donors (Lipinski definition) is 2. The number of carbonyl (C=O) groups excluding carboxylic acids is 1. The van der Waals surface area contributed by atoms with Crippen molar-refractivity contribution in [2.24, 2.45) is 5.84 Å². The molecule has 0 aliphatic rings. The molecule has 1 unspecified atom stereocenters. The van der Waals surface area contributed by atoms with Crippen LogP contribution in [0.2, 0.25) is 0 Å². The Morgan fingerprint density at radius 1 is 1.53 bits per heavy atom. The number of likely N-dealkylation sites (N-methyl/N-ethyl adjacent to an activating group) is 1. The summed E-state index contributed by atoms with van der Waals surface area (Å²) in [6, 6.07) is 5.51. The fourth-order valence-electron chi connectivity index (χ4n) is 2.13. The van der Waals surface area contributed by atoms with Crippen LogP contribution in [0.5, 0.6) is 0 Å². The van der Waals surface area contributed by atoms with Gasteiger partial charge in [-0.3, -0.25) is 10.6 Å². The molecule has 0 saturated carbocycles. The second-order valence-electron chi connectivity index (χ2n) is 4.57. The summed E-state index contributed by atoms with van der Waals surface area (Å²) in [6.45, 7) is 7.04. The van der Waals surface area contributed by atoms with Crippen LogP contribution in [0.1, 0.15) is 29.8 Å². The maximum atomic E-state index is 12.5. The maximum absolute atomic E-state index is 12.5. The van der Waals surface area contributed by atoms with Crippen LogP contribution in [0.4, 0.5) is 5.69 Å². The number of hydrazine groups is 1. The summed E-state index contributed by atoms with van der Waals surface area (Å²) in [5.41, 5.74) is 4.97. The molecular weight excluding hydrogens is 242 g/mol. The van der Waals surface area contributed by atoms with Crippen molar-refractivity contribution >= 4 is 11.6 Å². The number of aryl methyl sites for hydroxylation is 1.